The second-order valence-corrected chi connectivity index (χ2v) is 5.89. The summed E-state index contributed by atoms with van der Waals surface area (Å²) in [7, 11) is 0. The summed E-state index contributed by atoms with van der Waals surface area (Å²) in [5.74, 6) is 0. The zero-order chi connectivity index (χ0) is 16.8. The van der Waals surface area contributed by atoms with Crippen LogP contribution in [0.2, 0.25) is 0 Å². The molecule has 4 heteroatoms. The van der Waals surface area contributed by atoms with Crippen LogP contribution in [0.3, 0.4) is 0 Å². The molecule has 0 fully saturated rings. The van der Waals surface area contributed by atoms with Crippen molar-refractivity contribution in [3.8, 4) is 0 Å². The number of ether oxygens (including phenoxy) is 2. The highest BCUT2D eigenvalue weighted by Crippen LogP contribution is 2.21. The Morgan fingerprint density at radius 1 is 0.625 bits per heavy atom. The molecule has 0 heterocycles. The molecule has 0 amide bonds. The Morgan fingerprint density at radius 2 is 1.00 bits per heavy atom. The molecule has 0 aromatic heterocycles. The van der Waals surface area contributed by atoms with Crippen LogP contribution in [0, 0.1) is 0 Å². The van der Waals surface area contributed by atoms with E-state index < -0.39 is 24.4 Å². The van der Waals surface area contributed by atoms with Crippen LogP contribution in [-0.4, -0.2) is 34.6 Å². The predicted molar refractivity (Wildman–Crippen MR) is 91.2 cm³/mol. The molecule has 0 radical (unpaired) electrons. The van der Waals surface area contributed by atoms with Gasteiger partial charge in [-0.15, -0.1) is 0 Å². The van der Waals surface area contributed by atoms with Gasteiger partial charge >= 0.3 is 0 Å². The third-order valence-electron chi connectivity index (χ3n) is 4.08. The summed E-state index contributed by atoms with van der Waals surface area (Å²) in [4.78, 5) is 0. The summed E-state index contributed by atoms with van der Waals surface area (Å²) in [6, 6.07) is 19.5. The molecule has 0 saturated carbocycles. The second-order valence-electron chi connectivity index (χ2n) is 5.89. The van der Waals surface area contributed by atoms with Gasteiger partial charge in [0.2, 0.25) is 0 Å². The Bertz CT molecular complexity index is 584. The number of aliphatic hydroxyl groups is 2. The molecule has 2 aromatic rings. The van der Waals surface area contributed by atoms with Crippen molar-refractivity contribution in [2.45, 2.75) is 37.6 Å². The average molecular weight is 326 g/mol. The van der Waals surface area contributed by atoms with Crippen LogP contribution in [0.1, 0.15) is 11.1 Å². The Balaban J connectivity index is 1.54. The Morgan fingerprint density at radius 3 is 1.38 bits per heavy atom. The highest BCUT2D eigenvalue weighted by Gasteiger charge is 2.35. The molecule has 126 valence electrons. The number of aliphatic hydroxyl groups excluding tert-OH is 2. The summed E-state index contributed by atoms with van der Waals surface area (Å²) in [6.45, 7) is 0.768. The predicted octanol–water partition coefficient (Wildman–Crippen LogP) is 2.45. The summed E-state index contributed by atoms with van der Waals surface area (Å²) in [5, 5.41) is 20.6. The number of benzene rings is 2. The molecule has 0 saturated heterocycles. The maximum absolute atomic E-state index is 10.3. The van der Waals surface area contributed by atoms with Crippen LogP contribution in [0.5, 0.6) is 0 Å². The summed E-state index contributed by atoms with van der Waals surface area (Å²) < 4.78 is 11.4. The smallest absolute Gasteiger partial charge is 0.112 e. The third kappa shape index (κ3) is 4.30. The van der Waals surface area contributed by atoms with E-state index in [-0.39, 0.29) is 0 Å². The van der Waals surface area contributed by atoms with E-state index in [1.165, 1.54) is 0 Å². The molecular formula is C20H22O4. The lowest BCUT2D eigenvalue weighted by atomic mass is 9.96. The SMILES string of the molecule is OC1[C@H](O)C(OCc2ccccc2)C=C[C@H]1OCc1ccccc1. The van der Waals surface area contributed by atoms with Crippen molar-refractivity contribution in [1.29, 1.82) is 0 Å². The van der Waals surface area contributed by atoms with Crippen molar-refractivity contribution in [2.24, 2.45) is 0 Å². The first-order chi connectivity index (χ1) is 11.7. The minimum absolute atomic E-state index is 0.384. The standard InChI is InChI=1S/C20H22O4/c21-19-17(23-13-15-7-3-1-4-8-15)11-12-18(20(19)22)24-14-16-9-5-2-6-10-16/h1-12,17-22H,13-14H2/t17-,18?,19?,20-/m1/s1. The van der Waals surface area contributed by atoms with E-state index in [4.69, 9.17) is 9.47 Å². The topological polar surface area (TPSA) is 58.9 Å². The maximum atomic E-state index is 10.3. The quantitative estimate of drug-likeness (QED) is 0.801. The van der Waals surface area contributed by atoms with E-state index in [9.17, 15) is 10.2 Å². The summed E-state index contributed by atoms with van der Waals surface area (Å²) in [6.07, 6.45) is 0.402. The van der Waals surface area contributed by atoms with Crippen molar-refractivity contribution >= 4 is 0 Å². The molecule has 4 nitrogen and oxygen atoms in total. The molecule has 0 bridgehead atoms. The highest BCUT2D eigenvalue weighted by molar-refractivity contribution is 5.16. The average Bonchev–Trinajstić information content (AvgIpc) is 2.64. The van der Waals surface area contributed by atoms with Crippen molar-refractivity contribution in [2.75, 3.05) is 0 Å². The molecule has 0 aliphatic heterocycles. The zero-order valence-electron chi connectivity index (χ0n) is 13.4. The minimum Gasteiger partial charge on any atom is -0.387 e. The third-order valence-corrected chi connectivity index (χ3v) is 4.08. The number of rotatable bonds is 6. The lowest BCUT2D eigenvalue weighted by Gasteiger charge is -2.33. The zero-order valence-corrected chi connectivity index (χ0v) is 13.4. The molecular weight excluding hydrogens is 304 g/mol. The Labute approximate surface area is 142 Å². The van der Waals surface area contributed by atoms with Gasteiger partial charge in [-0.2, -0.15) is 0 Å². The van der Waals surface area contributed by atoms with Gasteiger partial charge in [-0.3, -0.25) is 0 Å². The number of hydrogen-bond donors (Lipinski definition) is 2. The molecule has 24 heavy (non-hydrogen) atoms. The first-order valence-electron chi connectivity index (χ1n) is 8.09. The van der Waals surface area contributed by atoms with Gasteiger partial charge in [-0.25, -0.2) is 0 Å². The molecule has 3 rings (SSSR count). The van der Waals surface area contributed by atoms with Gasteiger partial charge in [0.05, 0.1) is 13.2 Å². The fraction of sp³-hybridized carbons (Fsp3) is 0.300. The van der Waals surface area contributed by atoms with Gasteiger partial charge in [0.15, 0.2) is 0 Å². The largest absolute Gasteiger partial charge is 0.387 e. The first-order valence-corrected chi connectivity index (χ1v) is 8.09. The fourth-order valence-electron chi connectivity index (χ4n) is 2.68. The monoisotopic (exact) mass is 326 g/mol. The summed E-state index contributed by atoms with van der Waals surface area (Å²) >= 11 is 0. The normalized spacial score (nSPS) is 26.4. The van der Waals surface area contributed by atoms with Gasteiger partial charge in [-0.05, 0) is 11.1 Å². The van der Waals surface area contributed by atoms with Gasteiger partial charge in [0, 0.05) is 0 Å². The van der Waals surface area contributed by atoms with E-state index in [1.807, 2.05) is 60.7 Å². The van der Waals surface area contributed by atoms with Gasteiger partial charge in [0.25, 0.3) is 0 Å². The molecule has 0 spiro atoms. The van der Waals surface area contributed by atoms with Crippen LogP contribution in [0.15, 0.2) is 72.8 Å². The van der Waals surface area contributed by atoms with Gasteiger partial charge < -0.3 is 19.7 Å². The van der Waals surface area contributed by atoms with Gasteiger partial charge in [-0.1, -0.05) is 72.8 Å². The fourth-order valence-corrected chi connectivity index (χ4v) is 2.68. The lowest BCUT2D eigenvalue weighted by Crippen LogP contribution is -2.48. The minimum atomic E-state index is -1.01. The molecule has 2 aromatic carbocycles. The maximum Gasteiger partial charge on any atom is 0.112 e. The van der Waals surface area contributed by atoms with Crippen LogP contribution in [0.4, 0.5) is 0 Å². The second kappa shape index (κ2) is 8.22. The Hall–Kier alpha value is -1.98. The van der Waals surface area contributed by atoms with Crippen molar-refractivity contribution in [1.82, 2.24) is 0 Å². The molecule has 4 atom stereocenters. The molecule has 2 unspecified atom stereocenters. The van der Waals surface area contributed by atoms with E-state index in [0.717, 1.165) is 11.1 Å². The van der Waals surface area contributed by atoms with E-state index >= 15 is 0 Å². The summed E-state index contributed by atoms with van der Waals surface area (Å²) in [5.41, 5.74) is 2.05. The molecule has 1 aliphatic carbocycles. The van der Waals surface area contributed by atoms with E-state index in [2.05, 4.69) is 0 Å². The van der Waals surface area contributed by atoms with E-state index in [0.29, 0.717) is 13.2 Å². The highest BCUT2D eigenvalue weighted by atomic mass is 16.5. The van der Waals surface area contributed by atoms with Crippen LogP contribution >= 0.6 is 0 Å². The van der Waals surface area contributed by atoms with Crippen molar-refractivity contribution in [3.63, 3.8) is 0 Å². The van der Waals surface area contributed by atoms with Crippen molar-refractivity contribution in [3.05, 3.63) is 83.9 Å². The van der Waals surface area contributed by atoms with Crippen molar-refractivity contribution < 1.29 is 19.7 Å². The van der Waals surface area contributed by atoms with Crippen LogP contribution in [-0.2, 0) is 22.7 Å². The lowest BCUT2D eigenvalue weighted by molar-refractivity contribution is -0.127. The van der Waals surface area contributed by atoms with Crippen LogP contribution < -0.4 is 0 Å². The Kier molecular flexibility index (Phi) is 5.77. The van der Waals surface area contributed by atoms with Crippen LogP contribution in [0.25, 0.3) is 0 Å². The molecule has 2 N–H and O–H groups in total. The first kappa shape index (κ1) is 16.9. The van der Waals surface area contributed by atoms with Gasteiger partial charge in [0.1, 0.15) is 24.4 Å². The molecule has 1 aliphatic rings. The number of hydrogen-bond acceptors (Lipinski definition) is 4. The van der Waals surface area contributed by atoms with E-state index in [1.54, 1.807) is 12.2 Å².